The third-order valence-electron chi connectivity index (χ3n) is 4.70. The number of rotatable bonds is 6. The molecule has 2 amide bonds. The molecule has 0 bridgehead atoms. The van der Waals surface area contributed by atoms with Crippen molar-refractivity contribution in [1.29, 1.82) is 0 Å². The van der Waals surface area contributed by atoms with E-state index in [1.54, 1.807) is 29.7 Å². The molecule has 1 aliphatic rings. The van der Waals surface area contributed by atoms with E-state index in [1.807, 2.05) is 24.4 Å². The molecule has 2 heterocycles. The fourth-order valence-electron chi connectivity index (χ4n) is 3.22. The number of aromatic amines is 1. The highest BCUT2D eigenvalue weighted by atomic mass is 35.5. The molecule has 6 nitrogen and oxygen atoms in total. The number of ether oxygens (including phenoxy) is 1. The number of hydrogen-bond acceptors (Lipinski definition) is 4. The van der Waals surface area contributed by atoms with E-state index in [2.05, 4.69) is 15.6 Å². The lowest BCUT2D eigenvalue weighted by Crippen LogP contribution is -2.27. The quantitative estimate of drug-likeness (QED) is 0.531. The summed E-state index contributed by atoms with van der Waals surface area (Å²) >= 11 is 7.62. The highest BCUT2D eigenvalue weighted by Gasteiger charge is 2.18. The van der Waals surface area contributed by atoms with Crippen molar-refractivity contribution in [2.75, 3.05) is 24.2 Å². The number of hydrogen-bond donors (Lipinski definition) is 3. The maximum Gasteiger partial charge on any atom is 0.291 e. The molecule has 1 aromatic heterocycles. The molecule has 3 aromatic rings. The highest BCUT2D eigenvalue weighted by molar-refractivity contribution is 8.02. The number of thioether (sulfide) groups is 1. The van der Waals surface area contributed by atoms with Crippen LogP contribution in [-0.4, -0.2) is 35.7 Å². The first-order valence-corrected chi connectivity index (χ1v) is 10.9. The number of H-pyrrole nitrogens is 1. The molecule has 0 aliphatic carbocycles. The number of amides is 2. The van der Waals surface area contributed by atoms with E-state index in [0.717, 1.165) is 22.2 Å². The number of anilines is 1. The zero-order chi connectivity index (χ0) is 20.9. The standard InChI is InChI=1S/C22H20ClN3O3S/c23-15-5-6-18-17(11-15)14(12-25-18)7-8-24-21(27)16-3-1-2-4-19(16)26-22(28)20-13-30-10-9-29-20/h1-6,11-13,25H,7-10H2,(H,24,27)(H,26,28). The minimum Gasteiger partial charge on any atom is -0.487 e. The molecular formula is C22H20ClN3O3S. The van der Waals surface area contributed by atoms with Gasteiger partial charge in [-0.3, -0.25) is 9.59 Å². The average molecular weight is 442 g/mol. The van der Waals surface area contributed by atoms with Gasteiger partial charge in [0.2, 0.25) is 0 Å². The maximum atomic E-state index is 12.7. The first-order valence-electron chi connectivity index (χ1n) is 9.50. The number of fused-ring (bicyclic) bond motifs is 1. The van der Waals surface area contributed by atoms with E-state index in [4.69, 9.17) is 16.3 Å². The summed E-state index contributed by atoms with van der Waals surface area (Å²) in [6, 6.07) is 12.6. The molecule has 0 radical (unpaired) electrons. The molecule has 8 heteroatoms. The third-order valence-corrected chi connectivity index (χ3v) is 5.72. The van der Waals surface area contributed by atoms with Gasteiger partial charge < -0.3 is 20.4 Å². The molecule has 0 atom stereocenters. The zero-order valence-corrected chi connectivity index (χ0v) is 17.6. The van der Waals surface area contributed by atoms with Crippen molar-refractivity contribution < 1.29 is 14.3 Å². The van der Waals surface area contributed by atoms with Crippen molar-refractivity contribution in [1.82, 2.24) is 10.3 Å². The Labute approximate surface area is 183 Å². The SMILES string of the molecule is O=C(Nc1ccccc1C(=O)NCCc1c[nH]c2ccc(Cl)cc12)C1=CSCCO1. The van der Waals surface area contributed by atoms with Crippen LogP contribution < -0.4 is 10.6 Å². The average Bonchev–Trinajstić information content (AvgIpc) is 3.16. The van der Waals surface area contributed by atoms with Crippen LogP contribution >= 0.6 is 23.4 Å². The Morgan fingerprint density at radius 3 is 2.87 bits per heavy atom. The molecular weight excluding hydrogens is 422 g/mol. The van der Waals surface area contributed by atoms with Crippen molar-refractivity contribution in [3.05, 3.63) is 76.0 Å². The Hall–Kier alpha value is -2.90. The third kappa shape index (κ3) is 4.63. The van der Waals surface area contributed by atoms with Gasteiger partial charge in [0.1, 0.15) is 0 Å². The van der Waals surface area contributed by atoms with Gasteiger partial charge in [-0.1, -0.05) is 23.7 Å². The summed E-state index contributed by atoms with van der Waals surface area (Å²) in [7, 11) is 0. The first-order chi connectivity index (χ1) is 14.6. The van der Waals surface area contributed by atoms with Crippen LogP contribution in [-0.2, 0) is 16.0 Å². The Bertz CT molecular complexity index is 1130. The molecule has 0 saturated heterocycles. The Morgan fingerprint density at radius 2 is 2.03 bits per heavy atom. The van der Waals surface area contributed by atoms with E-state index in [-0.39, 0.29) is 17.6 Å². The molecule has 4 rings (SSSR count). The number of carbonyl (C=O) groups is 2. The first kappa shape index (κ1) is 20.4. The second kappa shape index (κ2) is 9.28. The van der Waals surface area contributed by atoms with Gasteiger partial charge in [-0.05, 0) is 42.3 Å². The largest absolute Gasteiger partial charge is 0.487 e. The lowest BCUT2D eigenvalue weighted by atomic mass is 10.1. The van der Waals surface area contributed by atoms with Gasteiger partial charge in [-0.2, -0.15) is 0 Å². The van der Waals surface area contributed by atoms with Crippen molar-refractivity contribution in [2.24, 2.45) is 0 Å². The van der Waals surface area contributed by atoms with Gasteiger partial charge in [0.15, 0.2) is 5.76 Å². The zero-order valence-electron chi connectivity index (χ0n) is 16.0. The predicted octanol–water partition coefficient (Wildman–Crippen LogP) is 4.34. The summed E-state index contributed by atoms with van der Waals surface area (Å²) in [6.07, 6.45) is 2.58. The van der Waals surface area contributed by atoms with Crippen molar-refractivity contribution in [2.45, 2.75) is 6.42 Å². The number of para-hydroxylation sites is 1. The van der Waals surface area contributed by atoms with Crippen molar-refractivity contribution >= 4 is 51.8 Å². The molecule has 154 valence electrons. The van der Waals surface area contributed by atoms with E-state index in [9.17, 15) is 9.59 Å². The van der Waals surface area contributed by atoms with Crippen LogP contribution in [0.4, 0.5) is 5.69 Å². The number of benzene rings is 2. The van der Waals surface area contributed by atoms with Crippen LogP contribution in [0.1, 0.15) is 15.9 Å². The smallest absolute Gasteiger partial charge is 0.291 e. The summed E-state index contributed by atoms with van der Waals surface area (Å²) in [5.74, 6) is 0.465. The van der Waals surface area contributed by atoms with Crippen molar-refractivity contribution in [3.8, 4) is 0 Å². The molecule has 0 unspecified atom stereocenters. The number of aromatic nitrogens is 1. The normalized spacial score (nSPS) is 13.4. The number of carbonyl (C=O) groups excluding carboxylic acids is 2. The predicted molar refractivity (Wildman–Crippen MR) is 121 cm³/mol. The van der Waals surface area contributed by atoms with E-state index in [1.165, 1.54) is 11.8 Å². The maximum absolute atomic E-state index is 12.7. The Balaban J connectivity index is 1.40. The molecule has 0 spiro atoms. The molecule has 3 N–H and O–H groups in total. The van der Waals surface area contributed by atoms with E-state index in [0.29, 0.717) is 35.8 Å². The lowest BCUT2D eigenvalue weighted by Gasteiger charge is -2.15. The molecule has 2 aromatic carbocycles. The van der Waals surface area contributed by atoms with Crippen LogP contribution in [0.3, 0.4) is 0 Å². The van der Waals surface area contributed by atoms with Gasteiger partial charge in [0.25, 0.3) is 11.8 Å². The number of halogens is 1. The van der Waals surface area contributed by atoms with E-state index >= 15 is 0 Å². The van der Waals surface area contributed by atoms with Crippen LogP contribution in [0.15, 0.2) is 59.8 Å². The topological polar surface area (TPSA) is 83.2 Å². The minimum absolute atomic E-state index is 0.253. The molecule has 0 saturated carbocycles. The van der Waals surface area contributed by atoms with Crippen molar-refractivity contribution in [3.63, 3.8) is 0 Å². The molecule has 30 heavy (non-hydrogen) atoms. The fourth-order valence-corrected chi connectivity index (χ4v) is 4.02. The lowest BCUT2D eigenvalue weighted by molar-refractivity contribution is -0.116. The number of nitrogens with one attached hydrogen (secondary N) is 3. The molecule has 0 fully saturated rings. The van der Waals surface area contributed by atoms with Crippen LogP contribution in [0.2, 0.25) is 5.02 Å². The second-order valence-electron chi connectivity index (χ2n) is 6.71. The van der Waals surface area contributed by atoms with Gasteiger partial charge in [0, 0.05) is 39.8 Å². The summed E-state index contributed by atoms with van der Waals surface area (Å²) in [5, 5.41) is 9.10. The van der Waals surface area contributed by atoms with Gasteiger partial charge >= 0.3 is 0 Å². The van der Waals surface area contributed by atoms with Crippen LogP contribution in [0, 0.1) is 0 Å². The van der Waals surface area contributed by atoms with Crippen LogP contribution in [0.25, 0.3) is 10.9 Å². The summed E-state index contributed by atoms with van der Waals surface area (Å²) in [4.78, 5) is 28.3. The summed E-state index contributed by atoms with van der Waals surface area (Å²) < 4.78 is 5.38. The van der Waals surface area contributed by atoms with Gasteiger partial charge in [0.05, 0.1) is 17.9 Å². The summed E-state index contributed by atoms with van der Waals surface area (Å²) in [6.45, 7) is 0.941. The highest BCUT2D eigenvalue weighted by Crippen LogP contribution is 2.23. The van der Waals surface area contributed by atoms with E-state index < -0.39 is 0 Å². The summed E-state index contributed by atoms with van der Waals surface area (Å²) in [5.41, 5.74) is 2.93. The monoisotopic (exact) mass is 441 g/mol. The Kier molecular flexibility index (Phi) is 6.30. The van der Waals surface area contributed by atoms with Gasteiger partial charge in [-0.15, -0.1) is 11.8 Å². The Morgan fingerprint density at radius 1 is 1.17 bits per heavy atom. The van der Waals surface area contributed by atoms with Crippen LogP contribution in [0.5, 0.6) is 0 Å². The van der Waals surface area contributed by atoms with Gasteiger partial charge in [-0.25, -0.2) is 0 Å². The second-order valence-corrected chi connectivity index (χ2v) is 8.12. The fraction of sp³-hybridized carbons (Fsp3) is 0.182. The minimum atomic E-state index is -0.363. The molecule has 1 aliphatic heterocycles.